The Morgan fingerprint density at radius 3 is 2.68 bits per heavy atom. The third-order valence-corrected chi connectivity index (χ3v) is 4.64. The molecule has 0 saturated heterocycles. The molecule has 1 amide bonds. The van der Waals surface area contributed by atoms with E-state index >= 15 is 0 Å². The Bertz CT molecular complexity index is 925. The summed E-state index contributed by atoms with van der Waals surface area (Å²) in [6.45, 7) is 2.07. The molecule has 0 atom stereocenters. The number of amides is 1. The van der Waals surface area contributed by atoms with Crippen molar-refractivity contribution in [2.24, 2.45) is 0 Å². The van der Waals surface area contributed by atoms with E-state index < -0.39 is 18.4 Å². The van der Waals surface area contributed by atoms with Crippen molar-refractivity contribution in [3.8, 4) is 10.8 Å². The molecule has 0 fully saturated rings. The number of hydrogen-bond acceptors (Lipinski definition) is 7. The topological polar surface area (TPSA) is 85.5 Å². The molecule has 0 saturated carbocycles. The van der Waals surface area contributed by atoms with E-state index in [9.17, 15) is 14.0 Å². The number of thiophene rings is 1. The summed E-state index contributed by atoms with van der Waals surface area (Å²) in [6, 6.07) is 8.66. The van der Waals surface area contributed by atoms with Crippen LogP contribution in [0.25, 0.3) is 10.8 Å². The van der Waals surface area contributed by atoms with E-state index in [0.29, 0.717) is 24.7 Å². The average Bonchev–Trinajstić information content (AvgIpc) is 3.37. The van der Waals surface area contributed by atoms with Gasteiger partial charge in [0.2, 0.25) is 5.89 Å². The van der Waals surface area contributed by atoms with Crippen LogP contribution in [-0.4, -0.2) is 40.1 Å². The van der Waals surface area contributed by atoms with Crippen molar-refractivity contribution in [3.63, 3.8) is 0 Å². The first-order chi connectivity index (χ1) is 13.6. The van der Waals surface area contributed by atoms with Crippen molar-refractivity contribution in [1.82, 2.24) is 15.1 Å². The lowest BCUT2D eigenvalue weighted by molar-refractivity contribution is -0.135. The molecule has 0 unspecified atom stereocenters. The molecule has 2 aromatic heterocycles. The van der Waals surface area contributed by atoms with Crippen molar-refractivity contribution in [1.29, 1.82) is 0 Å². The molecule has 0 aliphatic rings. The fourth-order valence-corrected chi connectivity index (χ4v) is 3.07. The summed E-state index contributed by atoms with van der Waals surface area (Å²) in [7, 11) is 0. The van der Waals surface area contributed by atoms with Crippen LogP contribution >= 0.6 is 11.3 Å². The quantitative estimate of drug-likeness (QED) is 0.535. The largest absolute Gasteiger partial charge is 0.452 e. The number of carbonyl (C=O) groups excluding carboxylic acids is 2. The van der Waals surface area contributed by atoms with Crippen molar-refractivity contribution in [3.05, 3.63) is 59.0 Å². The predicted molar refractivity (Wildman–Crippen MR) is 100 cm³/mol. The van der Waals surface area contributed by atoms with E-state index in [1.54, 1.807) is 0 Å². The Hall–Kier alpha value is -3.07. The lowest BCUT2D eigenvalue weighted by atomic mass is 10.2. The van der Waals surface area contributed by atoms with Gasteiger partial charge in [-0.15, -0.1) is 21.5 Å². The van der Waals surface area contributed by atoms with Crippen molar-refractivity contribution >= 4 is 23.2 Å². The SMILES string of the molecule is CCCN(Cc1nnc(-c2cccs2)o1)C(=O)COC(=O)c1ccc(F)cc1. The van der Waals surface area contributed by atoms with Gasteiger partial charge in [0.25, 0.3) is 11.8 Å². The van der Waals surface area contributed by atoms with Gasteiger partial charge in [-0.3, -0.25) is 4.79 Å². The Balaban J connectivity index is 1.59. The zero-order valence-corrected chi connectivity index (χ0v) is 15.9. The van der Waals surface area contributed by atoms with Gasteiger partial charge in [0.15, 0.2) is 6.61 Å². The van der Waals surface area contributed by atoms with E-state index in [2.05, 4.69) is 10.2 Å². The van der Waals surface area contributed by atoms with Crippen LogP contribution in [0, 0.1) is 5.82 Å². The summed E-state index contributed by atoms with van der Waals surface area (Å²) in [5.41, 5.74) is 0.175. The lowest BCUT2D eigenvalue weighted by Crippen LogP contribution is -2.35. The standard InChI is InChI=1S/C19H18FN3O4S/c1-2-9-23(11-16-21-22-18(27-16)15-4-3-10-28-15)17(24)12-26-19(25)13-5-7-14(20)8-6-13/h3-8,10H,2,9,11-12H2,1H3. The number of rotatable bonds is 8. The summed E-state index contributed by atoms with van der Waals surface area (Å²) in [6.07, 6.45) is 0.712. The number of ether oxygens (including phenoxy) is 1. The summed E-state index contributed by atoms with van der Waals surface area (Å²) in [5, 5.41) is 9.88. The third kappa shape index (κ3) is 5.01. The van der Waals surface area contributed by atoms with Crippen LogP contribution in [0.3, 0.4) is 0 Å². The van der Waals surface area contributed by atoms with Gasteiger partial charge in [0, 0.05) is 6.54 Å². The molecule has 0 radical (unpaired) electrons. The molecule has 0 bridgehead atoms. The van der Waals surface area contributed by atoms with E-state index in [0.717, 1.165) is 17.0 Å². The third-order valence-electron chi connectivity index (χ3n) is 3.78. The molecule has 2 heterocycles. The number of nitrogens with zero attached hydrogens (tertiary/aromatic N) is 3. The summed E-state index contributed by atoms with van der Waals surface area (Å²) in [4.78, 5) is 26.8. The number of hydrogen-bond donors (Lipinski definition) is 0. The number of esters is 1. The molecule has 146 valence electrons. The van der Waals surface area contributed by atoms with Gasteiger partial charge < -0.3 is 14.1 Å². The Morgan fingerprint density at radius 2 is 2.00 bits per heavy atom. The van der Waals surface area contributed by atoms with E-state index in [4.69, 9.17) is 9.15 Å². The van der Waals surface area contributed by atoms with Crippen LogP contribution in [0.2, 0.25) is 0 Å². The molecule has 9 heteroatoms. The maximum atomic E-state index is 12.9. The van der Waals surface area contributed by atoms with Crippen molar-refractivity contribution < 1.29 is 23.1 Å². The van der Waals surface area contributed by atoms with Gasteiger partial charge >= 0.3 is 5.97 Å². The maximum Gasteiger partial charge on any atom is 0.338 e. The molecule has 1 aromatic carbocycles. The number of aromatic nitrogens is 2. The van der Waals surface area contributed by atoms with Gasteiger partial charge in [0.05, 0.1) is 17.0 Å². The molecule has 0 aliphatic heterocycles. The average molecular weight is 403 g/mol. The van der Waals surface area contributed by atoms with Crippen LogP contribution in [0.1, 0.15) is 29.6 Å². The summed E-state index contributed by atoms with van der Waals surface area (Å²) in [5.74, 6) is -0.828. The molecular formula is C19H18FN3O4S. The van der Waals surface area contributed by atoms with Gasteiger partial charge in [-0.2, -0.15) is 0 Å². The Morgan fingerprint density at radius 1 is 1.21 bits per heavy atom. The number of halogens is 1. The fourth-order valence-electron chi connectivity index (χ4n) is 2.43. The minimum Gasteiger partial charge on any atom is -0.452 e. The van der Waals surface area contributed by atoms with E-state index in [1.807, 2.05) is 24.4 Å². The van der Waals surface area contributed by atoms with Gasteiger partial charge in [-0.1, -0.05) is 13.0 Å². The smallest absolute Gasteiger partial charge is 0.338 e. The fraction of sp³-hybridized carbons (Fsp3) is 0.263. The second kappa shape index (κ2) is 9.23. The number of benzene rings is 1. The van der Waals surface area contributed by atoms with Crippen LogP contribution in [-0.2, 0) is 16.1 Å². The van der Waals surface area contributed by atoms with Gasteiger partial charge in [-0.25, -0.2) is 9.18 Å². The maximum absolute atomic E-state index is 12.9. The molecule has 0 aliphatic carbocycles. The predicted octanol–water partition coefficient (Wildman–Crippen LogP) is 3.53. The molecule has 3 rings (SSSR count). The first-order valence-electron chi connectivity index (χ1n) is 8.63. The Kier molecular flexibility index (Phi) is 6.49. The molecule has 0 N–H and O–H groups in total. The molecule has 0 spiro atoms. The summed E-state index contributed by atoms with van der Waals surface area (Å²) < 4.78 is 23.6. The molecular weight excluding hydrogens is 385 g/mol. The second-order valence-corrected chi connectivity index (χ2v) is 6.82. The van der Waals surface area contributed by atoms with Gasteiger partial charge in [0.1, 0.15) is 5.82 Å². The number of carbonyl (C=O) groups is 2. The highest BCUT2D eigenvalue weighted by molar-refractivity contribution is 7.13. The van der Waals surface area contributed by atoms with Crippen LogP contribution in [0.5, 0.6) is 0 Å². The van der Waals surface area contributed by atoms with Gasteiger partial charge in [-0.05, 0) is 42.1 Å². The minimum atomic E-state index is -0.692. The first kappa shape index (κ1) is 19.7. The highest BCUT2D eigenvalue weighted by Crippen LogP contribution is 2.23. The Labute approximate surface area is 164 Å². The van der Waals surface area contributed by atoms with Crippen LogP contribution in [0.15, 0.2) is 46.2 Å². The zero-order valence-electron chi connectivity index (χ0n) is 15.1. The molecule has 3 aromatic rings. The molecule has 7 nitrogen and oxygen atoms in total. The monoisotopic (exact) mass is 403 g/mol. The summed E-state index contributed by atoms with van der Waals surface area (Å²) >= 11 is 1.48. The highest BCUT2D eigenvalue weighted by Gasteiger charge is 2.19. The second-order valence-electron chi connectivity index (χ2n) is 5.88. The normalized spacial score (nSPS) is 10.6. The zero-order chi connectivity index (χ0) is 19.9. The van der Waals surface area contributed by atoms with Crippen molar-refractivity contribution in [2.45, 2.75) is 19.9 Å². The first-order valence-corrected chi connectivity index (χ1v) is 9.51. The van der Waals surface area contributed by atoms with Crippen LogP contribution < -0.4 is 0 Å². The molecule has 28 heavy (non-hydrogen) atoms. The minimum absolute atomic E-state index is 0.124. The lowest BCUT2D eigenvalue weighted by Gasteiger charge is -2.20. The van der Waals surface area contributed by atoms with Crippen LogP contribution in [0.4, 0.5) is 4.39 Å². The van der Waals surface area contributed by atoms with E-state index in [-0.39, 0.29) is 18.0 Å². The van der Waals surface area contributed by atoms with Crippen molar-refractivity contribution in [2.75, 3.05) is 13.2 Å². The highest BCUT2D eigenvalue weighted by atomic mass is 32.1. The van der Waals surface area contributed by atoms with E-state index in [1.165, 1.54) is 28.4 Å².